The van der Waals surface area contributed by atoms with Crippen LogP contribution in [0.4, 0.5) is 11.4 Å². The molecule has 0 saturated heterocycles. The van der Waals surface area contributed by atoms with E-state index < -0.39 is 22.5 Å². The number of methoxy groups -OCH3 is 4. The number of carbonyl (C=O) groups is 1. The predicted octanol–water partition coefficient (Wildman–Crippen LogP) is 3.30. The number of nitrogens with zero attached hydrogens (tertiary/aromatic N) is 2. The molecule has 0 radical (unpaired) electrons. The van der Waals surface area contributed by atoms with Crippen molar-refractivity contribution < 1.29 is 32.2 Å². The molecule has 3 aromatic carbocycles. The van der Waals surface area contributed by atoms with Crippen molar-refractivity contribution in [1.29, 1.82) is 0 Å². The van der Waals surface area contributed by atoms with Gasteiger partial charge in [-0.1, -0.05) is 12.1 Å². The van der Waals surface area contributed by atoms with Crippen molar-refractivity contribution in [3.8, 4) is 23.0 Å². The molecule has 1 N–H and O–H groups in total. The molecule has 11 heteroatoms. The van der Waals surface area contributed by atoms with Crippen LogP contribution in [0.1, 0.15) is 5.56 Å². The number of nitrogens with one attached hydrogen (secondary N) is 1. The Labute approximate surface area is 223 Å². The summed E-state index contributed by atoms with van der Waals surface area (Å²) < 4.78 is 50.1. The van der Waals surface area contributed by atoms with Gasteiger partial charge in [0.05, 0.1) is 39.0 Å². The molecule has 0 atom stereocenters. The van der Waals surface area contributed by atoms with Crippen molar-refractivity contribution >= 4 is 27.3 Å². The lowest BCUT2D eigenvalue weighted by Gasteiger charge is -2.26. The van der Waals surface area contributed by atoms with Gasteiger partial charge in [0.25, 0.3) is 10.0 Å². The highest BCUT2D eigenvalue weighted by molar-refractivity contribution is 7.92. The lowest BCUT2D eigenvalue weighted by atomic mass is 10.2. The first-order valence-electron chi connectivity index (χ1n) is 11.6. The van der Waals surface area contributed by atoms with Crippen LogP contribution in [0.2, 0.25) is 0 Å². The summed E-state index contributed by atoms with van der Waals surface area (Å²) in [6, 6.07) is 16.6. The smallest absolute Gasteiger partial charge is 0.265 e. The molecule has 204 valence electrons. The van der Waals surface area contributed by atoms with E-state index in [1.54, 1.807) is 12.1 Å². The molecular formula is C27H33N3O7S. The van der Waals surface area contributed by atoms with Crippen molar-refractivity contribution in [3.05, 3.63) is 66.2 Å². The number of hydrogen-bond donors (Lipinski definition) is 1. The van der Waals surface area contributed by atoms with E-state index in [-0.39, 0.29) is 28.6 Å². The molecule has 0 aliphatic heterocycles. The Morgan fingerprint density at radius 1 is 0.789 bits per heavy atom. The summed E-state index contributed by atoms with van der Waals surface area (Å²) in [5.74, 6) is 0.749. The molecule has 38 heavy (non-hydrogen) atoms. The third kappa shape index (κ3) is 6.41. The topological polar surface area (TPSA) is 107 Å². The molecule has 3 aromatic rings. The summed E-state index contributed by atoms with van der Waals surface area (Å²) in [5.41, 5.74) is 2.04. The van der Waals surface area contributed by atoms with E-state index in [9.17, 15) is 13.2 Å². The van der Waals surface area contributed by atoms with Gasteiger partial charge in [-0.25, -0.2) is 8.42 Å². The van der Waals surface area contributed by atoms with E-state index in [4.69, 9.17) is 18.9 Å². The number of hydrogen-bond acceptors (Lipinski definition) is 8. The van der Waals surface area contributed by atoms with Gasteiger partial charge in [0.15, 0.2) is 11.5 Å². The van der Waals surface area contributed by atoms with E-state index in [1.807, 2.05) is 43.3 Å². The number of sulfonamides is 1. The number of ether oxygens (including phenoxy) is 4. The molecule has 0 aliphatic rings. The van der Waals surface area contributed by atoms with Crippen LogP contribution in [-0.2, 0) is 21.4 Å². The quantitative estimate of drug-likeness (QED) is 0.371. The Morgan fingerprint density at radius 3 is 2.00 bits per heavy atom. The molecule has 1 amide bonds. The average molecular weight is 544 g/mol. The Bertz CT molecular complexity index is 1360. The third-order valence-electron chi connectivity index (χ3n) is 5.83. The standard InChI is InChI=1S/C27H33N3O7S/c1-29(2)20-9-7-19(8-10-20)17-28-27(31)18-30(23-15-21(34-3)11-13-24(23)35-4)38(32,33)22-12-14-25(36-5)26(16-22)37-6/h7-16H,17-18H2,1-6H3,(H,28,31). The van der Waals surface area contributed by atoms with E-state index in [1.165, 1.54) is 52.7 Å². The Morgan fingerprint density at radius 2 is 1.42 bits per heavy atom. The zero-order valence-electron chi connectivity index (χ0n) is 22.3. The molecule has 0 unspecified atom stereocenters. The second-order valence-electron chi connectivity index (χ2n) is 8.40. The fraction of sp³-hybridized carbons (Fsp3) is 0.296. The van der Waals surface area contributed by atoms with Crippen molar-refractivity contribution in [2.75, 3.05) is 58.3 Å². The van der Waals surface area contributed by atoms with Crippen LogP contribution in [-0.4, -0.2) is 63.4 Å². The van der Waals surface area contributed by atoms with Crippen molar-refractivity contribution in [3.63, 3.8) is 0 Å². The monoisotopic (exact) mass is 543 g/mol. The lowest BCUT2D eigenvalue weighted by molar-refractivity contribution is -0.119. The molecule has 3 rings (SSSR count). The normalized spacial score (nSPS) is 10.9. The molecule has 0 heterocycles. The predicted molar refractivity (Wildman–Crippen MR) is 146 cm³/mol. The minimum absolute atomic E-state index is 0.0907. The van der Waals surface area contributed by atoms with Crippen LogP contribution in [0.5, 0.6) is 23.0 Å². The summed E-state index contributed by atoms with van der Waals surface area (Å²) >= 11 is 0. The van der Waals surface area contributed by atoms with Crippen LogP contribution in [0.25, 0.3) is 0 Å². The highest BCUT2D eigenvalue weighted by Crippen LogP contribution is 2.37. The van der Waals surface area contributed by atoms with Crippen LogP contribution in [0, 0.1) is 0 Å². The molecule has 0 fully saturated rings. The number of amides is 1. The van der Waals surface area contributed by atoms with Crippen LogP contribution in [0.15, 0.2) is 65.6 Å². The van der Waals surface area contributed by atoms with Crippen LogP contribution >= 0.6 is 0 Å². The fourth-order valence-electron chi connectivity index (χ4n) is 3.69. The van der Waals surface area contributed by atoms with E-state index in [2.05, 4.69) is 5.32 Å². The minimum Gasteiger partial charge on any atom is -0.497 e. The van der Waals surface area contributed by atoms with Crippen molar-refractivity contribution in [2.45, 2.75) is 11.4 Å². The zero-order chi connectivity index (χ0) is 27.9. The van der Waals surface area contributed by atoms with Gasteiger partial charge in [-0.05, 0) is 42.0 Å². The van der Waals surface area contributed by atoms with Crippen LogP contribution in [0.3, 0.4) is 0 Å². The van der Waals surface area contributed by atoms with E-state index in [0.717, 1.165) is 15.6 Å². The molecular weight excluding hydrogens is 510 g/mol. The van der Waals surface area contributed by atoms with Gasteiger partial charge >= 0.3 is 0 Å². The number of benzene rings is 3. The molecule has 0 aliphatic carbocycles. The highest BCUT2D eigenvalue weighted by Gasteiger charge is 2.31. The minimum atomic E-state index is -4.27. The second kappa shape index (κ2) is 12.4. The zero-order valence-corrected chi connectivity index (χ0v) is 23.2. The maximum Gasteiger partial charge on any atom is 0.265 e. The maximum atomic E-state index is 13.9. The van der Waals surface area contributed by atoms with Crippen molar-refractivity contribution in [2.24, 2.45) is 0 Å². The summed E-state index contributed by atoms with van der Waals surface area (Å²) in [4.78, 5) is 15.0. The maximum absolute atomic E-state index is 13.9. The van der Waals surface area contributed by atoms with Crippen molar-refractivity contribution in [1.82, 2.24) is 5.32 Å². The first-order chi connectivity index (χ1) is 18.1. The summed E-state index contributed by atoms with van der Waals surface area (Å²) in [7, 11) is 5.37. The van der Waals surface area contributed by atoms with Gasteiger partial charge in [-0.15, -0.1) is 0 Å². The van der Waals surface area contributed by atoms with Crippen LogP contribution < -0.4 is 33.5 Å². The fourth-order valence-corrected chi connectivity index (χ4v) is 5.13. The second-order valence-corrected chi connectivity index (χ2v) is 10.3. The Hall–Kier alpha value is -4.12. The molecule has 0 aromatic heterocycles. The number of anilines is 2. The van der Waals surface area contributed by atoms with Gasteiger partial charge in [0.2, 0.25) is 5.91 Å². The first kappa shape index (κ1) is 28.5. The lowest BCUT2D eigenvalue weighted by Crippen LogP contribution is -2.41. The summed E-state index contributed by atoms with van der Waals surface area (Å²) in [6.45, 7) is -0.276. The van der Waals surface area contributed by atoms with Gasteiger partial charge in [0, 0.05) is 38.5 Å². The Kier molecular flexibility index (Phi) is 9.30. The largest absolute Gasteiger partial charge is 0.497 e. The van der Waals surface area contributed by atoms with Gasteiger partial charge in [0.1, 0.15) is 18.0 Å². The summed E-state index contributed by atoms with van der Waals surface area (Å²) in [5, 5.41) is 2.80. The highest BCUT2D eigenvalue weighted by atomic mass is 32.2. The first-order valence-corrected chi connectivity index (χ1v) is 13.1. The number of rotatable bonds is 12. The number of carbonyl (C=O) groups excluding carboxylic acids is 1. The Balaban J connectivity index is 1.97. The van der Waals surface area contributed by atoms with Gasteiger partial charge < -0.3 is 29.2 Å². The summed E-state index contributed by atoms with van der Waals surface area (Å²) in [6.07, 6.45) is 0. The van der Waals surface area contributed by atoms with E-state index >= 15 is 0 Å². The molecule has 10 nitrogen and oxygen atoms in total. The van der Waals surface area contributed by atoms with Gasteiger partial charge in [-0.3, -0.25) is 9.10 Å². The SMILES string of the molecule is COc1ccc(OC)c(N(CC(=O)NCc2ccc(N(C)C)cc2)S(=O)(=O)c2ccc(OC)c(OC)c2)c1. The molecule has 0 saturated carbocycles. The third-order valence-corrected chi connectivity index (χ3v) is 7.58. The van der Waals surface area contributed by atoms with E-state index in [0.29, 0.717) is 11.5 Å². The molecule has 0 spiro atoms. The average Bonchev–Trinajstić information content (AvgIpc) is 2.94. The molecule has 0 bridgehead atoms. The van der Waals surface area contributed by atoms with Gasteiger partial charge in [-0.2, -0.15) is 0 Å².